The molecule has 0 aliphatic heterocycles. The number of nitrogens with zero attached hydrogens (tertiary/aromatic N) is 1. The fourth-order valence-corrected chi connectivity index (χ4v) is 2.00. The highest BCUT2D eigenvalue weighted by atomic mass is 35.5. The Morgan fingerprint density at radius 3 is 2.43 bits per heavy atom. The van der Waals surface area contributed by atoms with Gasteiger partial charge in [0, 0.05) is 0 Å². The molecule has 0 fully saturated rings. The number of anilines is 1. The summed E-state index contributed by atoms with van der Waals surface area (Å²) in [6, 6.07) is 12.2. The molecule has 0 aromatic heterocycles. The van der Waals surface area contributed by atoms with Crippen molar-refractivity contribution in [2.24, 2.45) is 5.10 Å². The zero-order valence-corrected chi connectivity index (χ0v) is 13.7. The normalized spacial score (nSPS) is 10.6. The van der Waals surface area contributed by atoms with E-state index in [0.717, 1.165) is 11.1 Å². The number of hydrogen-bond acceptors (Lipinski definition) is 3. The summed E-state index contributed by atoms with van der Waals surface area (Å²) in [5, 5.41) is 6.54. The number of carbonyl (C=O) groups is 2. The van der Waals surface area contributed by atoms with Crippen LogP contribution in [0.15, 0.2) is 47.6 Å². The number of halogens is 2. The second-order valence-electron chi connectivity index (χ2n) is 4.67. The summed E-state index contributed by atoms with van der Waals surface area (Å²) < 4.78 is 0. The molecule has 0 bridgehead atoms. The first kappa shape index (κ1) is 17.0. The van der Waals surface area contributed by atoms with Crippen LogP contribution >= 0.6 is 23.2 Å². The summed E-state index contributed by atoms with van der Waals surface area (Å²) in [7, 11) is 0. The minimum atomic E-state index is -0.913. The van der Waals surface area contributed by atoms with Gasteiger partial charge in [-0.05, 0) is 24.6 Å². The molecular formula is C16H13Cl2N3O2. The van der Waals surface area contributed by atoms with E-state index in [1.165, 1.54) is 12.3 Å². The Morgan fingerprint density at radius 2 is 1.74 bits per heavy atom. The predicted molar refractivity (Wildman–Crippen MR) is 92.0 cm³/mol. The summed E-state index contributed by atoms with van der Waals surface area (Å²) in [6.07, 6.45) is 1.44. The first-order valence-corrected chi connectivity index (χ1v) is 7.38. The molecule has 0 radical (unpaired) electrons. The molecular weight excluding hydrogens is 337 g/mol. The topological polar surface area (TPSA) is 70.6 Å². The first-order valence-electron chi connectivity index (χ1n) is 6.62. The Morgan fingerprint density at radius 1 is 1.04 bits per heavy atom. The molecule has 5 nitrogen and oxygen atoms in total. The van der Waals surface area contributed by atoms with Crippen LogP contribution in [0.4, 0.5) is 5.69 Å². The number of rotatable bonds is 3. The van der Waals surface area contributed by atoms with Gasteiger partial charge < -0.3 is 5.32 Å². The SMILES string of the molecule is Cc1ccc(C=NNC(=O)C(=O)Nc2cccc(Cl)c2Cl)cc1. The van der Waals surface area contributed by atoms with Crippen LogP contribution in [0.2, 0.25) is 10.0 Å². The average molecular weight is 350 g/mol. The van der Waals surface area contributed by atoms with E-state index in [-0.39, 0.29) is 15.7 Å². The fourth-order valence-electron chi connectivity index (χ4n) is 1.65. The fraction of sp³-hybridized carbons (Fsp3) is 0.0625. The molecule has 0 heterocycles. The van der Waals surface area contributed by atoms with Gasteiger partial charge in [0.2, 0.25) is 0 Å². The maximum absolute atomic E-state index is 11.8. The molecule has 2 amide bonds. The third-order valence-corrected chi connectivity index (χ3v) is 3.68. The van der Waals surface area contributed by atoms with E-state index >= 15 is 0 Å². The van der Waals surface area contributed by atoms with Crippen LogP contribution in [0.5, 0.6) is 0 Å². The molecule has 118 valence electrons. The van der Waals surface area contributed by atoms with Gasteiger partial charge in [0.15, 0.2) is 0 Å². The summed E-state index contributed by atoms with van der Waals surface area (Å²) in [6.45, 7) is 1.97. The van der Waals surface area contributed by atoms with Gasteiger partial charge in [0.05, 0.1) is 21.9 Å². The first-order chi connectivity index (χ1) is 11.0. The molecule has 2 rings (SSSR count). The second kappa shape index (κ2) is 7.76. The second-order valence-corrected chi connectivity index (χ2v) is 5.45. The number of aryl methyl sites for hydroxylation is 1. The number of amides is 2. The minimum absolute atomic E-state index is 0.165. The maximum Gasteiger partial charge on any atom is 0.329 e. The van der Waals surface area contributed by atoms with Crippen molar-refractivity contribution in [2.75, 3.05) is 5.32 Å². The van der Waals surface area contributed by atoms with E-state index < -0.39 is 11.8 Å². The number of benzene rings is 2. The monoisotopic (exact) mass is 349 g/mol. The number of nitrogens with one attached hydrogen (secondary N) is 2. The van der Waals surface area contributed by atoms with Crippen LogP contribution in [-0.2, 0) is 9.59 Å². The Labute approximate surface area is 143 Å². The van der Waals surface area contributed by atoms with Crippen LogP contribution in [0, 0.1) is 6.92 Å². The third-order valence-electron chi connectivity index (χ3n) is 2.86. The Bertz CT molecular complexity index is 758. The van der Waals surface area contributed by atoms with Crippen molar-refractivity contribution in [1.29, 1.82) is 0 Å². The summed E-state index contributed by atoms with van der Waals surface area (Å²) >= 11 is 11.8. The van der Waals surface area contributed by atoms with Crippen molar-refractivity contribution >= 4 is 46.9 Å². The molecule has 23 heavy (non-hydrogen) atoms. The van der Waals surface area contributed by atoms with Gasteiger partial charge >= 0.3 is 11.8 Å². The molecule has 0 saturated carbocycles. The van der Waals surface area contributed by atoms with Crippen molar-refractivity contribution in [2.45, 2.75) is 6.92 Å². The largest absolute Gasteiger partial charge is 0.329 e. The molecule has 0 spiro atoms. The lowest BCUT2D eigenvalue weighted by Gasteiger charge is -2.06. The van der Waals surface area contributed by atoms with E-state index in [1.54, 1.807) is 12.1 Å². The number of hydrogen-bond donors (Lipinski definition) is 2. The van der Waals surface area contributed by atoms with Gasteiger partial charge in [-0.1, -0.05) is 59.1 Å². The van der Waals surface area contributed by atoms with Crippen LogP contribution in [0.1, 0.15) is 11.1 Å². The standard InChI is InChI=1S/C16H13Cl2N3O2/c1-10-5-7-11(8-6-10)9-19-21-16(23)15(22)20-13-4-2-3-12(17)14(13)18/h2-9H,1H3,(H,20,22)(H,21,23). The molecule has 0 aliphatic carbocycles. The molecule has 0 saturated heterocycles. The Balaban J connectivity index is 1.94. The summed E-state index contributed by atoms with van der Waals surface area (Å²) in [5.74, 6) is -1.81. The maximum atomic E-state index is 11.8. The van der Waals surface area contributed by atoms with E-state index in [0.29, 0.717) is 0 Å². The van der Waals surface area contributed by atoms with Crippen molar-refractivity contribution in [1.82, 2.24) is 5.43 Å². The minimum Gasteiger partial charge on any atom is -0.316 e. The predicted octanol–water partition coefficient (Wildman–Crippen LogP) is 3.39. The Kier molecular flexibility index (Phi) is 5.73. The third kappa shape index (κ3) is 4.81. The molecule has 2 aromatic rings. The highest BCUT2D eigenvalue weighted by molar-refractivity contribution is 6.45. The van der Waals surface area contributed by atoms with Gasteiger partial charge in [-0.2, -0.15) is 5.10 Å². The number of carbonyl (C=O) groups excluding carboxylic acids is 2. The quantitative estimate of drug-likeness (QED) is 0.506. The van der Waals surface area contributed by atoms with Gasteiger partial charge in [0.25, 0.3) is 0 Å². The molecule has 2 aromatic carbocycles. The van der Waals surface area contributed by atoms with Crippen LogP contribution in [-0.4, -0.2) is 18.0 Å². The lowest BCUT2D eigenvalue weighted by Crippen LogP contribution is -2.32. The molecule has 2 N–H and O–H groups in total. The van der Waals surface area contributed by atoms with Crippen LogP contribution < -0.4 is 10.7 Å². The molecule has 7 heteroatoms. The van der Waals surface area contributed by atoms with Crippen LogP contribution in [0.3, 0.4) is 0 Å². The highest BCUT2D eigenvalue weighted by Crippen LogP contribution is 2.29. The smallest absolute Gasteiger partial charge is 0.316 e. The van der Waals surface area contributed by atoms with Crippen molar-refractivity contribution < 1.29 is 9.59 Å². The highest BCUT2D eigenvalue weighted by Gasteiger charge is 2.15. The molecule has 0 aliphatic rings. The summed E-state index contributed by atoms with van der Waals surface area (Å²) in [5.41, 5.74) is 4.31. The van der Waals surface area contributed by atoms with Crippen molar-refractivity contribution in [3.05, 3.63) is 63.6 Å². The van der Waals surface area contributed by atoms with E-state index in [4.69, 9.17) is 23.2 Å². The lowest BCUT2D eigenvalue weighted by atomic mass is 10.2. The van der Waals surface area contributed by atoms with E-state index in [1.807, 2.05) is 31.2 Å². The van der Waals surface area contributed by atoms with Gasteiger partial charge in [0.1, 0.15) is 0 Å². The average Bonchev–Trinajstić information content (AvgIpc) is 2.53. The van der Waals surface area contributed by atoms with E-state index in [2.05, 4.69) is 15.8 Å². The van der Waals surface area contributed by atoms with Gasteiger partial charge in [-0.15, -0.1) is 0 Å². The zero-order valence-electron chi connectivity index (χ0n) is 12.1. The molecule has 0 atom stereocenters. The van der Waals surface area contributed by atoms with Crippen LogP contribution in [0.25, 0.3) is 0 Å². The lowest BCUT2D eigenvalue weighted by molar-refractivity contribution is -0.136. The summed E-state index contributed by atoms with van der Waals surface area (Å²) in [4.78, 5) is 23.4. The van der Waals surface area contributed by atoms with E-state index in [9.17, 15) is 9.59 Å². The van der Waals surface area contributed by atoms with Crippen molar-refractivity contribution in [3.63, 3.8) is 0 Å². The Hall–Kier alpha value is -2.37. The van der Waals surface area contributed by atoms with Gasteiger partial charge in [-0.25, -0.2) is 5.43 Å². The zero-order chi connectivity index (χ0) is 16.8. The van der Waals surface area contributed by atoms with Crippen molar-refractivity contribution in [3.8, 4) is 0 Å². The van der Waals surface area contributed by atoms with Gasteiger partial charge in [-0.3, -0.25) is 9.59 Å². The molecule has 0 unspecified atom stereocenters. The number of hydrazone groups is 1.